The molecule has 90 heavy (non-hydrogen) atoms. The van der Waals surface area contributed by atoms with Crippen molar-refractivity contribution in [3.8, 4) is 0 Å². The zero-order chi connectivity index (χ0) is 71.1. The molecule has 0 unspecified atom stereocenters. The van der Waals surface area contributed by atoms with Crippen molar-refractivity contribution in [3.63, 3.8) is 0 Å². The van der Waals surface area contributed by atoms with E-state index in [9.17, 15) is 0 Å². The zero-order valence-electron chi connectivity index (χ0n) is 60.9. The van der Waals surface area contributed by atoms with Crippen LogP contribution in [-0.2, 0) is 0 Å². The van der Waals surface area contributed by atoms with Gasteiger partial charge in [-0.1, -0.05) is 138 Å². The molecule has 0 N–H and O–H groups in total. The molecule has 500 valence electrons. The topological polar surface area (TPSA) is 296 Å². The Labute approximate surface area is 545 Å². The van der Waals surface area contributed by atoms with Gasteiger partial charge in [0.05, 0.1) is 41.9 Å². The van der Waals surface area contributed by atoms with Gasteiger partial charge in [-0.2, -0.15) is 25.5 Å². The normalized spacial score (nSPS) is 7.44. The minimum Gasteiger partial charge on any atom is -0.265 e. The molecule has 0 saturated carbocycles. The highest BCUT2D eigenvalue weighted by Gasteiger charge is 1.81. The van der Waals surface area contributed by atoms with Crippen LogP contribution >= 0.6 is 0 Å². The molecule has 23 nitrogen and oxygen atoms in total. The first kappa shape index (κ1) is 102. The minimum atomic E-state index is 0.711. The number of hydrogen-bond donors (Lipinski definition) is 0. The van der Waals surface area contributed by atoms with Gasteiger partial charge in [0.2, 0.25) is 0 Å². The first-order valence-corrected chi connectivity index (χ1v) is 30.8. The summed E-state index contributed by atoms with van der Waals surface area (Å²) < 4.78 is 0. The van der Waals surface area contributed by atoms with Crippen molar-refractivity contribution in [1.82, 2.24) is 116 Å². The molecule has 10 aromatic rings. The van der Waals surface area contributed by atoms with Crippen molar-refractivity contribution in [3.05, 3.63) is 224 Å². The fourth-order valence-electron chi connectivity index (χ4n) is 3.48. The van der Waals surface area contributed by atoms with Gasteiger partial charge in [-0.15, -0.1) is 15.3 Å². The molecule has 0 bridgehead atoms. The molecule has 0 fully saturated rings. The maximum Gasteiger partial charge on any atom is 0.147 e. The largest absolute Gasteiger partial charge is 0.265 e. The lowest BCUT2D eigenvalue weighted by Gasteiger charge is -1.82. The summed E-state index contributed by atoms with van der Waals surface area (Å²) in [5.74, 6) is 2.29. The van der Waals surface area contributed by atoms with E-state index in [1.165, 1.54) is 43.5 Å². The van der Waals surface area contributed by atoms with Crippen LogP contribution in [0.25, 0.3) is 0 Å². The van der Waals surface area contributed by atoms with E-state index in [0.717, 1.165) is 45.6 Å². The van der Waals surface area contributed by atoms with Gasteiger partial charge in [0.1, 0.15) is 55.4 Å². The highest BCUT2D eigenvalue weighted by Crippen LogP contribution is 1.89. The second-order valence-corrected chi connectivity index (χ2v) is 13.2. The molecule has 0 atom stereocenters. The first-order valence-electron chi connectivity index (χ1n) is 30.8. The average Bonchev–Trinajstić information content (AvgIpc) is 3.62. The van der Waals surface area contributed by atoms with Crippen LogP contribution in [0, 0.1) is 69.2 Å². The summed E-state index contributed by atoms with van der Waals surface area (Å²) in [6.45, 7) is 59.0. The van der Waals surface area contributed by atoms with Crippen LogP contribution in [0.1, 0.15) is 195 Å². The minimum absolute atomic E-state index is 0.711. The molecule has 0 aliphatic rings. The first-order chi connectivity index (χ1) is 43.9. The molecule has 0 aliphatic carbocycles. The second kappa shape index (κ2) is 98.7. The van der Waals surface area contributed by atoms with Gasteiger partial charge < -0.3 is 0 Å². The molecule has 0 aliphatic heterocycles. The Kier molecular flexibility index (Phi) is 112. The Hall–Kier alpha value is -9.41. The van der Waals surface area contributed by atoms with Crippen molar-refractivity contribution in [2.24, 2.45) is 0 Å². The van der Waals surface area contributed by atoms with Crippen LogP contribution in [-0.4, -0.2) is 116 Å². The van der Waals surface area contributed by atoms with Gasteiger partial charge in [-0.05, 0) is 116 Å². The van der Waals surface area contributed by atoms with E-state index in [1.54, 1.807) is 112 Å². The van der Waals surface area contributed by atoms with Gasteiger partial charge in [0.15, 0.2) is 0 Å². The molecular weight excluding hydrogens is 1130 g/mol. The zero-order valence-corrected chi connectivity index (χ0v) is 60.9. The molecular formula is C67H117N23. The summed E-state index contributed by atoms with van der Waals surface area (Å²) in [5.41, 5.74) is 7.22. The molecule has 23 heteroatoms. The third-order valence-corrected chi connectivity index (χ3v) is 6.82. The van der Waals surface area contributed by atoms with Gasteiger partial charge >= 0.3 is 0 Å². The summed E-state index contributed by atoms with van der Waals surface area (Å²) in [6, 6.07) is 9.51. The number of rotatable bonds is 0. The van der Waals surface area contributed by atoms with Crippen molar-refractivity contribution in [1.29, 1.82) is 0 Å². The van der Waals surface area contributed by atoms with Gasteiger partial charge in [0.25, 0.3) is 0 Å². The van der Waals surface area contributed by atoms with Crippen molar-refractivity contribution in [2.75, 3.05) is 0 Å². The van der Waals surface area contributed by atoms with Gasteiger partial charge in [-0.3, -0.25) is 15.0 Å². The maximum atomic E-state index is 3.92. The predicted molar refractivity (Wildman–Crippen MR) is 375 cm³/mol. The van der Waals surface area contributed by atoms with E-state index >= 15 is 0 Å². The summed E-state index contributed by atoms with van der Waals surface area (Å²) >= 11 is 0. The fraction of sp³-hybridized carbons (Fsp3) is 0.448. The van der Waals surface area contributed by atoms with Gasteiger partial charge in [-0.25, -0.2) is 59.8 Å². The summed E-state index contributed by atoms with van der Waals surface area (Å²) in [5, 5.41) is 28.7. The lowest BCUT2D eigenvalue weighted by molar-refractivity contribution is 0.907. The lowest BCUT2D eigenvalue weighted by Crippen LogP contribution is -1.85. The van der Waals surface area contributed by atoms with E-state index in [1.807, 2.05) is 225 Å². The quantitative estimate of drug-likeness (QED) is 0.136. The van der Waals surface area contributed by atoms with E-state index in [2.05, 4.69) is 116 Å². The summed E-state index contributed by atoms with van der Waals surface area (Å²) in [7, 11) is 0. The predicted octanol–water partition coefficient (Wildman–Crippen LogP) is 16.3. The molecule has 0 spiro atoms. The van der Waals surface area contributed by atoms with Crippen LogP contribution in [0.2, 0.25) is 0 Å². The maximum absolute atomic E-state index is 3.92. The number of aromatic nitrogens is 23. The molecule has 0 amide bonds. The number of hydrogen-bond acceptors (Lipinski definition) is 23. The third-order valence-electron chi connectivity index (χ3n) is 6.82. The highest BCUT2D eigenvalue weighted by atomic mass is 15.1. The third kappa shape index (κ3) is 94.9. The second-order valence-electron chi connectivity index (χ2n) is 13.2. The SMILES string of the molecule is CC.CC.CC.CC.CC.CC.CC.CC.CC.CC.Cc1ccncc1.Cc1ccncn1.Cc1ccnnc1.Cc1cnccn1.Cc1cncnc1.Cc1cncnn1.Cc1cnncn1.Cc1ncccn1.Cc1nccnn1.Cc1ncncn1. The lowest BCUT2D eigenvalue weighted by atomic mass is 10.3. The van der Waals surface area contributed by atoms with Crippen LogP contribution in [0.4, 0.5) is 0 Å². The smallest absolute Gasteiger partial charge is 0.147 e. The van der Waals surface area contributed by atoms with Gasteiger partial charge in [0, 0.05) is 80.1 Å². The summed E-state index contributed by atoms with van der Waals surface area (Å²) in [4.78, 5) is 56.9. The van der Waals surface area contributed by atoms with Crippen LogP contribution in [0.15, 0.2) is 167 Å². The Bertz CT molecular complexity index is 2000. The Morgan fingerprint density at radius 3 is 0.878 bits per heavy atom. The van der Waals surface area contributed by atoms with E-state index < -0.39 is 0 Å². The number of nitrogens with zero attached hydrogens (tertiary/aromatic N) is 23. The molecule has 0 saturated heterocycles. The molecule has 10 heterocycles. The fourth-order valence-corrected chi connectivity index (χ4v) is 3.48. The van der Waals surface area contributed by atoms with Crippen molar-refractivity contribution < 1.29 is 0 Å². The van der Waals surface area contributed by atoms with Crippen molar-refractivity contribution in [2.45, 2.75) is 208 Å². The molecule has 0 radical (unpaired) electrons. The average molecular weight is 1240 g/mol. The van der Waals surface area contributed by atoms with Crippen LogP contribution < -0.4 is 0 Å². The Balaban J connectivity index is -0.0000000957. The monoisotopic (exact) mass is 1240 g/mol. The van der Waals surface area contributed by atoms with E-state index in [4.69, 9.17) is 0 Å². The molecule has 0 aromatic carbocycles. The van der Waals surface area contributed by atoms with E-state index in [0.29, 0.717) is 5.82 Å². The summed E-state index contributed by atoms with van der Waals surface area (Å²) in [6.07, 6.45) is 36.0. The van der Waals surface area contributed by atoms with Crippen molar-refractivity contribution >= 4 is 0 Å². The molecule has 10 rings (SSSR count). The number of pyridine rings is 1. The van der Waals surface area contributed by atoms with Crippen LogP contribution in [0.5, 0.6) is 0 Å². The Morgan fingerprint density at radius 1 is 0.200 bits per heavy atom. The van der Waals surface area contributed by atoms with Crippen LogP contribution in [0.3, 0.4) is 0 Å². The Morgan fingerprint density at radius 2 is 0.656 bits per heavy atom. The highest BCUT2D eigenvalue weighted by molar-refractivity contribution is 5.05. The number of aryl methyl sites for hydroxylation is 10. The molecule has 10 aromatic heterocycles. The standard InChI is InChI=1S/C6H7N.5C5H6N2.4C4H5N3.10C2H6/c1-6-2-4-7-5-3-6;1-5-2-6-4-7-3-5;1-5-4-6-2-3-7-5;1-5-2-3-6-4-7-5;1-5-2-3-6-7-4-5;1-5-6-3-2-4-7-5;1-4-6-2-5-3-7-4;1-4-2-6-7-3-5-4;1-4-2-5-3-6-7-4;1-4-5-2-3-6-7-4;10*1-2/h2-5H,1H3;5*2-4H,1H3;4*2-3H,1H3;10*1-2H3. The van der Waals surface area contributed by atoms with E-state index in [-0.39, 0.29) is 0 Å².